The first-order valence-electron chi connectivity index (χ1n) is 7.32. The molecule has 0 saturated heterocycles. The van der Waals surface area contributed by atoms with Gasteiger partial charge in [0.05, 0.1) is 5.56 Å². The van der Waals surface area contributed by atoms with Crippen LogP contribution in [0.5, 0.6) is 0 Å². The van der Waals surface area contributed by atoms with Crippen molar-refractivity contribution in [2.75, 3.05) is 5.32 Å². The van der Waals surface area contributed by atoms with Gasteiger partial charge in [0.25, 0.3) is 5.91 Å². The number of thiophene rings is 1. The van der Waals surface area contributed by atoms with Crippen molar-refractivity contribution in [2.45, 2.75) is 26.2 Å². The smallest absolute Gasteiger partial charge is 0.251 e. The molecule has 6 heteroatoms. The standard InChI is InChI=1S/C17H18N2O3S/c1-2-12-10-13(16(18)22)17(23-12)19-15(21)9-8-14(20)11-6-4-3-5-7-11/h3-7,10H,2,8-9H2,1H3,(H2,18,22)(H,19,21). The van der Waals surface area contributed by atoms with Crippen molar-refractivity contribution in [1.82, 2.24) is 0 Å². The van der Waals surface area contributed by atoms with Crippen LogP contribution in [0, 0.1) is 0 Å². The normalized spacial score (nSPS) is 10.3. The minimum Gasteiger partial charge on any atom is -0.366 e. The van der Waals surface area contributed by atoms with Crippen LogP contribution in [0.3, 0.4) is 0 Å². The number of Topliss-reactive ketones (excluding diaryl/α,β-unsaturated/α-hetero) is 1. The first kappa shape index (κ1) is 16.9. The Morgan fingerprint density at radius 3 is 2.43 bits per heavy atom. The second-order valence-corrected chi connectivity index (χ2v) is 6.15. The minimum atomic E-state index is -0.573. The maximum absolute atomic E-state index is 12.0. The van der Waals surface area contributed by atoms with Crippen molar-refractivity contribution in [3.8, 4) is 0 Å². The Kier molecular flexibility index (Phi) is 5.65. The highest BCUT2D eigenvalue weighted by atomic mass is 32.1. The Morgan fingerprint density at radius 2 is 1.83 bits per heavy atom. The van der Waals surface area contributed by atoms with E-state index in [1.165, 1.54) is 11.3 Å². The van der Waals surface area contributed by atoms with E-state index in [1.54, 1.807) is 30.3 Å². The van der Waals surface area contributed by atoms with Crippen molar-refractivity contribution in [2.24, 2.45) is 5.73 Å². The largest absolute Gasteiger partial charge is 0.366 e. The van der Waals surface area contributed by atoms with Gasteiger partial charge >= 0.3 is 0 Å². The van der Waals surface area contributed by atoms with E-state index in [4.69, 9.17) is 5.73 Å². The van der Waals surface area contributed by atoms with E-state index in [9.17, 15) is 14.4 Å². The number of nitrogens with one attached hydrogen (secondary N) is 1. The van der Waals surface area contributed by atoms with Gasteiger partial charge in [-0.1, -0.05) is 37.3 Å². The number of amides is 2. The monoisotopic (exact) mass is 330 g/mol. The highest BCUT2D eigenvalue weighted by molar-refractivity contribution is 7.16. The second kappa shape index (κ2) is 7.69. The molecule has 120 valence electrons. The number of aryl methyl sites for hydroxylation is 1. The fraction of sp³-hybridized carbons (Fsp3) is 0.235. The van der Waals surface area contributed by atoms with Gasteiger partial charge in [0.2, 0.25) is 5.91 Å². The van der Waals surface area contributed by atoms with Crippen LogP contribution in [-0.4, -0.2) is 17.6 Å². The van der Waals surface area contributed by atoms with Crippen LogP contribution in [0.2, 0.25) is 0 Å². The molecule has 2 aromatic rings. The molecule has 0 saturated carbocycles. The summed E-state index contributed by atoms with van der Waals surface area (Å²) in [4.78, 5) is 36.4. The third-order valence-corrected chi connectivity index (χ3v) is 4.52. The highest BCUT2D eigenvalue weighted by Gasteiger charge is 2.16. The van der Waals surface area contributed by atoms with Gasteiger partial charge in [-0.05, 0) is 12.5 Å². The molecular weight excluding hydrogens is 312 g/mol. The van der Waals surface area contributed by atoms with Gasteiger partial charge in [-0.3, -0.25) is 14.4 Å². The predicted octanol–water partition coefficient (Wildman–Crippen LogP) is 3.01. The second-order valence-electron chi connectivity index (χ2n) is 5.01. The van der Waals surface area contributed by atoms with Crippen molar-refractivity contribution in [3.63, 3.8) is 0 Å². The van der Waals surface area contributed by atoms with Gasteiger partial charge in [-0.15, -0.1) is 11.3 Å². The summed E-state index contributed by atoms with van der Waals surface area (Å²) in [5, 5.41) is 3.13. The molecule has 0 spiro atoms. The molecule has 0 aliphatic rings. The maximum atomic E-state index is 12.0. The maximum Gasteiger partial charge on any atom is 0.251 e. The lowest BCUT2D eigenvalue weighted by atomic mass is 10.1. The number of hydrogen-bond acceptors (Lipinski definition) is 4. The van der Waals surface area contributed by atoms with E-state index < -0.39 is 5.91 Å². The van der Waals surface area contributed by atoms with Crippen LogP contribution in [0.1, 0.15) is 45.4 Å². The van der Waals surface area contributed by atoms with E-state index in [0.29, 0.717) is 16.1 Å². The third kappa shape index (κ3) is 4.50. The zero-order chi connectivity index (χ0) is 16.8. The van der Waals surface area contributed by atoms with Crippen LogP contribution in [-0.2, 0) is 11.2 Å². The van der Waals surface area contributed by atoms with Crippen LogP contribution >= 0.6 is 11.3 Å². The molecule has 1 aromatic heterocycles. The SMILES string of the molecule is CCc1cc(C(N)=O)c(NC(=O)CCC(=O)c2ccccc2)s1. The topological polar surface area (TPSA) is 89.3 Å². The summed E-state index contributed by atoms with van der Waals surface area (Å²) in [5.74, 6) is -0.964. The summed E-state index contributed by atoms with van der Waals surface area (Å²) in [6.45, 7) is 1.96. The van der Waals surface area contributed by atoms with E-state index in [1.807, 2.05) is 13.0 Å². The first-order chi connectivity index (χ1) is 11.0. The molecule has 1 aromatic carbocycles. The van der Waals surface area contributed by atoms with Crippen LogP contribution in [0.15, 0.2) is 36.4 Å². The highest BCUT2D eigenvalue weighted by Crippen LogP contribution is 2.28. The zero-order valence-electron chi connectivity index (χ0n) is 12.8. The number of nitrogens with two attached hydrogens (primary N) is 1. The van der Waals surface area contributed by atoms with Crippen LogP contribution < -0.4 is 11.1 Å². The lowest BCUT2D eigenvalue weighted by molar-refractivity contribution is -0.116. The van der Waals surface area contributed by atoms with Crippen molar-refractivity contribution in [3.05, 3.63) is 52.4 Å². The summed E-state index contributed by atoms with van der Waals surface area (Å²) >= 11 is 1.33. The molecule has 2 rings (SSSR count). The Balaban J connectivity index is 1.96. The van der Waals surface area contributed by atoms with Gasteiger partial charge in [0.15, 0.2) is 5.78 Å². The van der Waals surface area contributed by atoms with E-state index in [2.05, 4.69) is 5.32 Å². The fourth-order valence-corrected chi connectivity index (χ4v) is 3.09. The van der Waals surface area contributed by atoms with Gasteiger partial charge in [-0.25, -0.2) is 0 Å². The molecule has 0 unspecified atom stereocenters. The summed E-state index contributed by atoms with van der Waals surface area (Å²) in [6, 6.07) is 10.5. The number of anilines is 1. The Hall–Kier alpha value is -2.47. The van der Waals surface area contributed by atoms with Crippen LogP contribution in [0.25, 0.3) is 0 Å². The van der Waals surface area contributed by atoms with Gasteiger partial charge in [-0.2, -0.15) is 0 Å². The Labute approximate surface area is 138 Å². The Bertz CT molecular complexity index is 723. The summed E-state index contributed by atoms with van der Waals surface area (Å²) < 4.78 is 0. The third-order valence-electron chi connectivity index (χ3n) is 3.32. The molecule has 23 heavy (non-hydrogen) atoms. The van der Waals surface area contributed by atoms with Gasteiger partial charge < -0.3 is 11.1 Å². The van der Waals surface area contributed by atoms with E-state index in [0.717, 1.165) is 11.3 Å². The van der Waals surface area contributed by atoms with Crippen molar-refractivity contribution in [1.29, 1.82) is 0 Å². The Morgan fingerprint density at radius 1 is 1.13 bits per heavy atom. The quantitative estimate of drug-likeness (QED) is 0.765. The molecule has 5 nitrogen and oxygen atoms in total. The molecular formula is C17H18N2O3S. The van der Waals surface area contributed by atoms with Crippen LogP contribution in [0.4, 0.5) is 5.00 Å². The molecule has 3 N–H and O–H groups in total. The summed E-state index contributed by atoms with van der Waals surface area (Å²) in [5.41, 5.74) is 6.22. The van der Waals surface area contributed by atoms with Crippen molar-refractivity contribution >= 4 is 33.9 Å². The van der Waals surface area contributed by atoms with E-state index in [-0.39, 0.29) is 24.5 Å². The lowest BCUT2D eigenvalue weighted by Crippen LogP contribution is -2.17. The summed E-state index contributed by atoms with van der Waals surface area (Å²) in [6.07, 6.45) is 0.937. The predicted molar refractivity (Wildman–Crippen MR) is 90.9 cm³/mol. The minimum absolute atomic E-state index is 0.0608. The molecule has 0 fully saturated rings. The number of primary amides is 1. The number of hydrogen-bond donors (Lipinski definition) is 2. The molecule has 0 atom stereocenters. The molecule has 0 radical (unpaired) electrons. The number of ketones is 1. The fourth-order valence-electron chi connectivity index (χ4n) is 2.08. The van der Waals surface area contributed by atoms with Crippen molar-refractivity contribution < 1.29 is 14.4 Å². The number of benzene rings is 1. The molecule has 0 aliphatic carbocycles. The molecule has 0 aliphatic heterocycles. The average molecular weight is 330 g/mol. The molecule has 1 heterocycles. The van der Waals surface area contributed by atoms with E-state index >= 15 is 0 Å². The number of carbonyl (C=O) groups excluding carboxylic acids is 3. The number of carbonyl (C=O) groups is 3. The first-order valence-corrected chi connectivity index (χ1v) is 8.13. The average Bonchev–Trinajstić information content (AvgIpc) is 2.96. The molecule has 0 bridgehead atoms. The van der Waals surface area contributed by atoms with Gasteiger partial charge in [0.1, 0.15) is 5.00 Å². The summed E-state index contributed by atoms with van der Waals surface area (Å²) in [7, 11) is 0. The lowest BCUT2D eigenvalue weighted by Gasteiger charge is -2.04. The zero-order valence-corrected chi connectivity index (χ0v) is 13.6. The molecule has 2 amide bonds. The number of rotatable bonds is 7. The van der Waals surface area contributed by atoms with Gasteiger partial charge in [0, 0.05) is 23.3 Å².